The Morgan fingerprint density at radius 3 is 2.47 bits per heavy atom. The highest BCUT2D eigenvalue weighted by atomic mass is 16.4. The molecule has 6 N–H and O–H groups in total. The van der Waals surface area contributed by atoms with Crippen molar-refractivity contribution < 1.29 is 39.4 Å². The number of carboxylic acids is 2. The van der Waals surface area contributed by atoms with Gasteiger partial charge in [-0.3, -0.25) is 14.5 Å². The summed E-state index contributed by atoms with van der Waals surface area (Å²) in [6, 6.07) is 0.787. The van der Waals surface area contributed by atoms with E-state index in [4.69, 9.17) is 5.11 Å². The van der Waals surface area contributed by atoms with Crippen LogP contribution < -0.4 is 21.0 Å². The van der Waals surface area contributed by atoms with Crippen molar-refractivity contribution in [3.05, 3.63) is 18.3 Å². The van der Waals surface area contributed by atoms with Crippen LogP contribution in [-0.4, -0.2) is 75.9 Å². The average Bonchev–Trinajstić information content (AvgIpc) is 2.69. The van der Waals surface area contributed by atoms with Crippen LogP contribution in [0.1, 0.15) is 32.1 Å². The molecule has 0 bridgehead atoms. The summed E-state index contributed by atoms with van der Waals surface area (Å²) < 4.78 is 0. The van der Waals surface area contributed by atoms with Gasteiger partial charge in [0, 0.05) is 32.6 Å². The van der Waals surface area contributed by atoms with Gasteiger partial charge in [0.25, 0.3) is 0 Å². The molecule has 1 aromatic rings. The second-order valence-corrected chi connectivity index (χ2v) is 6.45. The zero-order valence-corrected chi connectivity index (χ0v) is 16.4. The van der Waals surface area contributed by atoms with Gasteiger partial charge in [-0.15, -0.1) is 0 Å². The minimum absolute atomic E-state index is 0.000279. The number of aromatic nitrogens is 1. The monoisotopic (exact) mass is 424 g/mol. The Morgan fingerprint density at radius 1 is 1.17 bits per heavy atom. The van der Waals surface area contributed by atoms with Crippen LogP contribution in [-0.2, 0) is 14.4 Å². The van der Waals surface area contributed by atoms with Gasteiger partial charge in [-0.1, -0.05) is 0 Å². The molecule has 3 amide bonds. The first kappa shape index (κ1) is 24.9. The molecule has 0 aromatic carbocycles. The minimum atomic E-state index is -1.70. The highest BCUT2D eigenvalue weighted by Gasteiger charge is 2.21. The smallest absolute Gasteiger partial charge is 0.481 e. The molecule has 0 radical (unpaired) electrons. The molecule has 0 aliphatic carbocycles. The second kappa shape index (κ2) is 12.4. The van der Waals surface area contributed by atoms with Crippen molar-refractivity contribution in [2.75, 3.05) is 18.5 Å². The molecule has 12 nitrogen and oxygen atoms in total. The fraction of sp³-hybridized carbons (Fsp3) is 0.471. The molecule has 0 spiro atoms. The lowest BCUT2D eigenvalue weighted by Crippen LogP contribution is -2.46. The summed E-state index contributed by atoms with van der Waals surface area (Å²) in [5, 5.41) is 40.8. The Kier molecular flexibility index (Phi) is 10.3. The van der Waals surface area contributed by atoms with Crippen LogP contribution in [0.15, 0.2) is 18.3 Å². The van der Waals surface area contributed by atoms with Crippen LogP contribution in [0, 0.1) is 0 Å². The SMILES string of the molecule is CN(C(=O)CCC[C@H](NC(=O)NCCCC(=O)O)C(=O)O)c1cc(B(O)O)ccn1. The van der Waals surface area contributed by atoms with E-state index in [2.05, 4.69) is 15.6 Å². The molecule has 1 aromatic heterocycles. The highest BCUT2D eigenvalue weighted by Crippen LogP contribution is 2.10. The average molecular weight is 424 g/mol. The number of nitrogens with zero attached hydrogens (tertiary/aromatic N) is 2. The molecule has 13 heteroatoms. The number of carbonyl (C=O) groups excluding carboxylic acids is 2. The molecule has 0 fully saturated rings. The van der Waals surface area contributed by atoms with Gasteiger partial charge in [-0.2, -0.15) is 0 Å². The largest absolute Gasteiger partial charge is 0.488 e. The lowest BCUT2D eigenvalue weighted by Gasteiger charge is -2.18. The van der Waals surface area contributed by atoms with E-state index in [1.165, 1.54) is 30.3 Å². The number of amides is 3. The number of rotatable bonds is 12. The van der Waals surface area contributed by atoms with Crippen LogP contribution in [0.2, 0.25) is 0 Å². The standard InChI is InChI=1S/C17H25BN4O8/c1-22(13-10-11(18(29)30)7-9-19-13)14(23)5-2-4-12(16(26)27)21-17(28)20-8-3-6-15(24)25/h7,9-10,12,29-30H,2-6,8H2,1H3,(H,24,25)(H,26,27)(H2,20,21,28)/t12-/m0/s1. The van der Waals surface area contributed by atoms with Crippen LogP contribution in [0.25, 0.3) is 0 Å². The van der Waals surface area contributed by atoms with Gasteiger partial charge in [0.2, 0.25) is 5.91 Å². The molecule has 0 unspecified atom stereocenters. The first-order chi connectivity index (χ1) is 14.1. The van der Waals surface area contributed by atoms with Crippen molar-refractivity contribution >= 4 is 42.3 Å². The molecule has 0 aliphatic rings. The fourth-order valence-electron chi connectivity index (χ4n) is 2.44. The molecular weight excluding hydrogens is 399 g/mol. The molecule has 0 saturated heterocycles. The van der Waals surface area contributed by atoms with Crippen molar-refractivity contribution in [3.63, 3.8) is 0 Å². The van der Waals surface area contributed by atoms with Crippen molar-refractivity contribution in [2.24, 2.45) is 0 Å². The Balaban J connectivity index is 2.48. The second-order valence-electron chi connectivity index (χ2n) is 6.45. The molecule has 1 rings (SSSR count). The number of carbonyl (C=O) groups is 4. The van der Waals surface area contributed by atoms with Gasteiger partial charge >= 0.3 is 25.1 Å². The van der Waals surface area contributed by atoms with Crippen LogP contribution in [0.3, 0.4) is 0 Å². The normalized spacial score (nSPS) is 11.3. The molecule has 0 saturated carbocycles. The maximum atomic E-state index is 12.3. The lowest BCUT2D eigenvalue weighted by atomic mass is 9.81. The maximum Gasteiger partial charge on any atom is 0.488 e. The Labute approximate surface area is 173 Å². The summed E-state index contributed by atoms with van der Waals surface area (Å²) in [5.41, 5.74) is 0.171. The van der Waals surface area contributed by atoms with E-state index in [-0.39, 0.29) is 55.8 Å². The van der Waals surface area contributed by atoms with Gasteiger partial charge in [-0.25, -0.2) is 14.6 Å². The number of anilines is 1. The summed E-state index contributed by atoms with van der Waals surface area (Å²) in [6.07, 6.45) is 1.57. The number of pyridine rings is 1. The van der Waals surface area contributed by atoms with Gasteiger partial charge in [-0.05, 0) is 36.9 Å². The number of aliphatic carboxylic acids is 2. The number of hydrogen-bond acceptors (Lipinski definition) is 7. The van der Waals surface area contributed by atoms with Gasteiger partial charge in [0.15, 0.2) is 0 Å². The van der Waals surface area contributed by atoms with Crippen molar-refractivity contribution in [2.45, 2.75) is 38.1 Å². The summed E-state index contributed by atoms with van der Waals surface area (Å²) in [6.45, 7) is 0.0857. The zero-order valence-electron chi connectivity index (χ0n) is 16.4. The molecule has 0 aliphatic heterocycles. The zero-order chi connectivity index (χ0) is 22.7. The molecule has 1 heterocycles. The van der Waals surface area contributed by atoms with Crippen molar-refractivity contribution in [1.82, 2.24) is 15.6 Å². The summed E-state index contributed by atoms with van der Waals surface area (Å²) in [5.74, 6) is -2.42. The minimum Gasteiger partial charge on any atom is -0.481 e. The van der Waals surface area contributed by atoms with Crippen LogP contribution in [0.4, 0.5) is 10.6 Å². The third-order valence-electron chi connectivity index (χ3n) is 4.13. The number of carboxylic acid groups (broad SMARTS) is 2. The van der Waals surface area contributed by atoms with E-state index in [1.807, 2.05) is 0 Å². The van der Waals surface area contributed by atoms with E-state index in [0.717, 1.165) is 0 Å². The maximum absolute atomic E-state index is 12.3. The quantitative estimate of drug-likeness (QED) is 0.172. The van der Waals surface area contributed by atoms with E-state index >= 15 is 0 Å². The molecule has 164 valence electrons. The topological polar surface area (TPSA) is 189 Å². The van der Waals surface area contributed by atoms with Crippen molar-refractivity contribution in [3.8, 4) is 0 Å². The molecule has 30 heavy (non-hydrogen) atoms. The first-order valence-corrected chi connectivity index (χ1v) is 9.19. The van der Waals surface area contributed by atoms with E-state index < -0.39 is 31.1 Å². The molecular formula is C17H25BN4O8. The predicted molar refractivity (Wildman–Crippen MR) is 106 cm³/mol. The Bertz CT molecular complexity index is 761. The fourth-order valence-corrected chi connectivity index (χ4v) is 2.44. The third-order valence-corrected chi connectivity index (χ3v) is 4.13. The third kappa shape index (κ3) is 8.88. The number of hydrogen-bond donors (Lipinski definition) is 6. The van der Waals surface area contributed by atoms with E-state index in [9.17, 15) is 34.3 Å². The number of nitrogens with one attached hydrogen (secondary N) is 2. The van der Waals surface area contributed by atoms with Gasteiger partial charge < -0.3 is 30.9 Å². The first-order valence-electron chi connectivity index (χ1n) is 9.19. The summed E-state index contributed by atoms with van der Waals surface area (Å²) in [7, 11) is -0.247. The Hall–Kier alpha value is -3.19. The van der Waals surface area contributed by atoms with E-state index in [1.54, 1.807) is 0 Å². The van der Waals surface area contributed by atoms with E-state index in [0.29, 0.717) is 0 Å². The highest BCUT2D eigenvalue weighted by molar-refractivity contribution is 6.58. The summed E-state index contributed by atoms with van der Waals surface area (Å²) in [4.78, 5) is 50.9. The van der Waals surface area contributed by atoms with Crippen molar-refractivity contribution in [1.29, 1.82) is 0 Å². The van der Waals surface area contributed by atoms with Gasteiger partial charge in [0.1, 0.15) is 11.9 Å². The Morgan fingerprint density at radius 2 is 1.87 bits per heavy atom. The predicted octanol–water partition coefficient (Wildman–Crippen LogP) is -1.49. The lowest BCUT2D eigenvalue weighted by molar-refractivity contribution is -0.139. The molecule has 1 atom stereocenters. The van der Waals surface area contributed by atoms with Gasteiger partial charge in [0.05, 0.1) is 0 Å². The van der Waals surface area contributed by atoms with Crippen LogP contribution in [0.5, 0.6) is 0 Å². The summed E-state index contributed by atoms with van der Waals surface area (Å²) >= 11 is 0. The van der Waals surface area contributed by atoms with Crippen LogP contribution >= 0.6 is 0 Å². The number of urea groups is 1.